The van der Waals surface area contributed by atoms with E-state index in [0.29, 0.717) is 18.6 Å². The molecule has 0 saturated carbocycles. The molecule has 5 heteroatoms. The maximum absolute atomic E-state index is 12.4. The highest BCUT2D eigenvalue weighted by molar-refractivity contribution is 5.79. The first kappa shape index (κ1) is 19.1. The number of hydrazine groups is 1. The number of aryl methyl sites for hydroxylation is 1. The van der Waals surface area contributed by atoms with Crippen LogP contribution in [-0.4, -0.2) is 36.1 Å². The van der Waals surface area contributed by atoms with Gasteiger partial charge in [-0.15, -0.1) is 0 Å². The van der Waals surface area contributed by atoms with Gasteiger partial charge in [-0.1, -0.05) is 54.6 Å². The summed E-state index contributed by atoms with van der Waals surface area (Å²) < 4.78 is 0. The molecule has 2 aromatic rings. The summed E-state index contributed by atoms with van der Waals surface area (Å²) in [4.78, 5) is 14.9. The van der Waals surface area contributed by atoms with E-state index < -0.39 is 0 Å². The monoisotopic (exact) mass is 378 g/mol. The molecule has 2 fully saturated rings. The molecule has 5 nitrogen and oxygen atoms in total. The first-order chi connectivity index (χ1) is 13.7. The second-order valence-electron chi connectivity index (χ2n) is 7.98. The van der Waals surface area contributed by atoms with E-state index in [2.05, 4.69) is 64.4 Å². The first-order valence-electron chi connectivity index (χ1n) is 10.3. The van der Waals surface area contributed by atoms with Crippen LogP contribution in [0.1, 0.15) is 42.0 Å². The molecule has 2 saturated heterocycles. The van der Waals surface area contributed by atoms with Crippen LogP contribution in [0, 0.1) is 6.92 Å². The van der Waals surface area contributed by atoms with Gasteiger partial charge in [0, 0.05) is 25.2 Å². The van der Waals surface area contributed by atoms with Gasteiger partial charge in [-0.2, -0.15) is 0 Å². The van der Waals surface area contributed by atoms with Gasteiger partial charge in [0.25, 0.3) is 0 Å². The second-order valence-corrected chi connectivity index (χ2v) is 7.98. The highest BCUT2D eigenvalue weighted by atomic mass is 16.1. The Morgan fingerprint density at radius 3 is 2.50 bits per heavy atom. The van der Waals surface area contributed by atoms with Gasteiger partial charge in [-0.3, -0.25) is 9.69 Å². The lowest BCUT2D eigenvalue weighted by molar-refractivity contribution is -0.121. The number of carbonyl (C=O) groups excluding carboxylic acids is 1. The lowest BCUT2D eigenvalue weighted by atomic mass is 10.0. The van der Waals surface area contributed by atoms with Crippen LogP contribution in [0.5, 0.6) is 0 Å². The predicted molar refractivity (Wildman–Crippen MR) is 111 cm³/mol. The maximum Gasteiger partial charge on any atom is 0.224 e. The molecule has 2 aliphatic rings. The number of hydrogen-bond acceptors (Lipinski definition) is 4. The van der Waals surface area contributed by atoms with Crippen LogP contribution in [0.2, 0.25) is 0 Å². The smallest absolute Gasteiger partial charge is 0.224 e. The SMILES string of the molecule is Cc1ccccc1CC(=O)NC1CCN(C2CC(c3ccccc3)NN2)CC1. The Balaban J connectivity index is 1.23. The van der Waals surface area contributed by atoms with Crippen molar-refractivity contribution >= 4 is 5.91 Å². The molecule has 4 rings (SSSR count). The van der Waals surface area contributed by atoms with Gasteiger partial charge in [0.1, 0.15) is 0 Å². The maximum atomic E-state index is 12.4. The fourth-order valence-corrected chi connectivity index (χ4v) is 4.30. The summed E-state index contributed by atoms with van der Waals surface area (Å²) in [5.41, 5.74) is 10.5. The average molecular weight is 379 g/mol. The number of rotatable bonds is 5. The molecule has 2 aliphatic heterocycles. The molecule has 2 unspecified atom stereocenters. The van der Waals surface area contributed by atoms with Crippen LogP contribution in [0.3, 0.4) is 0 Å². The van der Waals surface area contributed by atoms with Crippen molar-refractivity contribution in [3.8, 4) is 0 Å². The molecule has 2 atom stereocenters. The highest BCUT2D eigenvalue weighted by Gasteiger charge is 2.32. The molecule has 0 radical (unpaired) electrons. The van der Waals surface area contributed by atoms with Gasteiger partial charge in [-0.05, 0) is 42.9 Å². The van der Waals surface area contributed by atoms with Crippen molar-refractivity contribution in [3.63, 3.8) is 0 Å². The standard InChI is InChI=1S/C23H30N4O/c1-17-7-5-6-10-19(17)15-23(28)24-20-11-13-27(14-12-20)22-16-21(25-26-22)18-8-3-2-4-9-18/h2-10,20-22,25-26H,11-16H2,1H3,(H,24,28). The molecule has 0 bridgehead atoms. The Morgan fingerprint density at radius 1 is 1.04 bits per heavy atom. The highest BCUT2D eigenvalue weighted by Crippen LogP contribution is 2.25. The van der Waals surface area contributed by atoms with Crippen molar-refractivity contribution in [2.45, 2.75) is 50.9 Å². The van der Waals surface area contributed by atoms with Crippen LogP contribution in [-0.2, 0) is 11.2 Å². The summed E-state index contributed by atoms with van der Waals surface area (Å²) in [5.74, 6) is 0.137. The number of nitrogens with zero attached hydrogens (tertiary/aromatic N) is 1. The topological polar surface area (TPSA) is 56.4 Å². The van der Waals surface area contributed by atoms with Crippen molar-refractivity contribution in [2.75, 3.05) is 13.1 Å². The molecule has 0 aromatic heterocycles. The van der Waals surface area contributed by atoms with Crippen molar-refractivity contribution < 1.29 is 4.79 Å². The van der Waals surface area contributed by atoms with Crippen molar-refractivity contribution in [3.05, 3.63) is 71.3 Å². The Bertz CT molecular complexity index is 786. The third-order valence-corrected chi connectivity index (χ3v) is 6.03. The minimum Gasteiger partial charge on any atom is -0.353 e. The Hall–Kier alpha value is -2.21. The fourth-order valence-electron chi connectivity index (χ4n) is 4.30. The summed E-state index contributed by atoms with van der Waals surface area (Å²) in [5, 5.41) is 3.24. The Kier molecular flexibility index (Phi) is 6.05. The second kappa shape index (κ2) is 8.86. The van der Waals surface area contributed by atoms with Gasteiger partial charge in [0.2, 0.25) is 5.91 Å². The zero-order valence-electron chi connectivity index (χ0n) is 16.5. The number of amides is 1. The van der Waals surface area contributed by atoms with Gasteiger partial charge in [0.15, 0.2) is 0 Å². The largest absolute Gasteiger partial charge is 0.353 e. The summed E-state index contributed by atoms with van der Waals surface area (Å²) in [6, 6.07) is 19.4. The minimum atomic E-state index is 0.137. The fraction of sp³-hybridized carbons (Fsp3) is 0.435. The summed E-state index contributed by atoms with van der Waals surface area (Å²) in [7, 11) is 0. The molecule has 0 spiro atoms. The van der Waals surface area contributed by atoms with E-state index in [-0.39, 0.29) is 11.9 Å². The average Bonchev–Trinajstić information content (AvgIpc) is 3.21. The van der Waals surface area contributed by atoms with Gasteiger partial charge >= 0.3 is 0 Å². The van der Waals surface area contributed by atoms with E-state index in [0.717, 1.165) is 37.9 Å². The number of piperidine rings is 1. The van der Waals surface area contributed by atoms with Gasteiger partial charge in [0.05, 0.1) is 12.6 Å². The van der Waals surface area contributed by atoms with E-state index in [4.69, 9.17) is 0 Å². The molecule has 0 aliphatic carbocycles. The Labute approximate surface area is 167 Å². The zero-order chi connectivity index (χ0) is 19.3. The summed E-state index contributed by atoms with van der Waals surface area (Å²) >= 11 is 0. The lowest BCUT2D eigenvalue weighted by Gasteiger charge is -2.35. The number of carbonyl (C=O) groups is 1. The van der Waals surface area contributed by atoms with Crippen LogP contribution < -0.4 is 16.2 Å². The van der Waals surface area contributed by atoms with Crippen molar-refractivity contribution in [2.24, 2.45) is 0 Å². The first-order valence-corrected chi connectivity index (χ1v) is 10.3. The van der Waals surface area contributed by atoms with Crippen LogP contribution in [0.4, 0.5) is 0 Å². The normalized spacial score (nSPS) is 23.6. The van der Waals surface area contributed by atoms with Gasteiger partial charge < -0.3 is 5.32 Å². The van der Waals surface area contributed by atoms with E-state index in [1.807, 2.05) is 18.2 Å². The molecular weight excluding hydrogens is 348 g/mol. The van der Waals surface area contributed by atoms with Crippen LogP contribution in [0.15, 0.2) is 54.6 Å². The molecule has 3 N–H and O–H groups in total. The summed E-state index contributed by atoms with van der Waals surface area (Å²) in [6.45, 7) is 4.08. The zero-order valence-corrected chi connectivity index (χ0v) is 16.5. The molecule has 2 heterocycles. The minimum absolute atomic E-state index is 0.137. The van der Waals surface area contributed by atoms with Crippen molar-refractivity contribution in [1.82, 2.24) is 21.1 Å². The third-order valence-electron chi connectivity index (χ3n) is 6.03. The molecule has 148 valence electrons. The van der Waals surface area contributed by atoms with E-state index in [9.17, 15) is 4.79 Å². The van der Waals surface area contributed by atoms with E-state index >= 15 is 0 Å². The number of nitrogens with one attached hydrogen (secondary N) is 3. The van der Waals surface area contributed by atoms with E-state index in [1.54, 1.807) is 0 Å². The third kappa shape index (κ3) is 4.61. The lowest BCUT2D eigenvalue weighted by Crippen LogP contribution is -2.51. The van der Waals surface area contributed by atoms with E-state index in [1.165, 1.54) is 11.1 Å². The number of benzene rings is 2. The predicted octanol–water partition coefficient (Wildman–Crippen LogP) is 2.68. The summed E-state index contributed by atoms with van der Waals surface area (Å²) in [6.07, 6.45) is 3.91. The molecule has 1 amide bonds. The van der Waals surface area contributed by atoms with Crippen LogP contribution in [0.25, 0.3) is 0 Å². The Morgan fingerprint density at radius 2 is 1.75 bits per heavy atom. The van der Waals surface area contributed by atoms with Gasteiger partial charge in [-0.25, -0.2) is 10.9 Å². The van der Waals surface area contributed by atoms with Crippen molar-refractivity contribution in [1.29, 1.82) is 0 Å². The number of likely N-dealkylation sites (tertiary alicyclic amines) is 1. The van der Waals surface area contributed by atoms with Crippen LogP contribution >= 0.6 is 0 Å². The quantitative estimate of drug-likeness (QED) is 0.749. The molecule has 28 heavy (non-hydrogen) atoms. The molecule has 2 aromatic carbocycles. The molecular formula is C23H30N4O. The number of hydrogen-bond donors (Lipinski definition) is 3.